The van der Waals surface area contributed by atoms with Crippen molar-refractivity contribution in [1.29, 1.82) is 0 Å². The molecular formula is C29H26F4N4O6. The Morgan fingerprint density at radius 1 is 1.00 bits per heavy atom. The molecule has 10 nitrogen and oxygen atoms in total. The third-order valence-electron chi connectivity index (χ3n) is 6.73. The summed E-state index contributed by atoms with van der Waals surface area (Å²) in [6, 6.07) is 11.6. The number of guanidine groups is 1. The van der Waals surface area contributed by atoms with Crippen LogP contribution in [0.2, 0.25) is 0 Å². The van der Waals surface area contributed by atoms with Crippen LogP contribution in [0.25, 0.3) is 0 Å². The number of alkyl halides is 3. The second kappa shape index (κ2) is 12.8. The summed E-state index contributed by atoms with van der Waals surface area (Å²) in [4.78, 5) is 44.1. The minimum Gasteiger partial charge on any atom is -0.497 e. The van der Waals surface area contributed by atoms with Crippen molar-refractivity contribution in [3.63, 3.8) is 0 Å². The Hall–Kier alpha value is -5.14. The molecule has 0 saturated heterocycles. The van der Waals surface area contributed by atoms with Crippen molar-refractivity contribution in [3.05, 3.63) is 77.6 Å². The summed E-state index contributed by atoms with van der Waals surface area (Å²) < 4.78 is 67.0. The molecule has 1 heterocycles. The lowest BCUT2D eigenvalue weighted by Gasteiger charge is -2.41. The number of amides is 2. The van der Waals surface area contributed by atoms with Crippen molar-refractivity contribution in [2.45, 2.75) is 18.6 Å². The van der Waals surface area contributed by atoms with E-state index < -0.39 is 36.0 Å². The van der Waals surface area contributed by atoms with E-state index in [0.29, 0.717) is 24.3 Å². The second-order valence-electron chi connectivity index (χ2n) is 9.26. The Labute approximate surface area is 243 Å². The van der Waals surface area contributed by atoms with Crippen LogP contribution in [0.15, 0.2) is 65.7 Å². The molecule has 4 rings (SSSR count). The van der Waals surface area contributed by atoms with E-state index >= 15 is 4.39 Å². The fraction of sp³-hybridized carbons (Fsp3) is 0.241. The molecule has 0 unspecified atom stereocenters. The maximum Gasteiger partial charge on any atom is 0.416 e. The van der Waals surface area contributed by atoms with Crippen molar-refractivity contribution in [1.82, 2.24) is 4.90 Å². The molecular weight excluding hydrogens is 576 g/mol. The number of aliphatic carboxylic acids is 1. The first-order chi connectivity index (χ1) is 20.5. The summed E-state index contributed by atoms with van der Waals surface area (Å²) in [5.74, 6) is -2.18. The molecule has 1 atom stereocenters. The van der Waals surface area contributed by atoms with Crippen LogP contribution in [0.5, 0.6) is 11.5 Å². The minimum atomic E-state index is -4.79. The molecule has 3 aromatic carbocycles. The van der Waals surface area contributed by atoms with Gasteiger partial charge in [-0.25, -0.2) is 9.38 Å². The number of para-hydroxylation sites is 1. The number of hydrogen-bond donors (Lipinski definition) is 1. The zero-order valence-corrected chi connectivity index (χ0v) is 22.9. The summed E-state index contributed by atoms with van der Waals surface area (Å²) in [6.07, 6.45) is -4.67. The number of ether oxygens (including phenoxy) is 2. The monoisotopic (exact) mass is 602 g/mol. The number of methoxy groups -OCH3 is 2. The fourth-order valence-corrected chi connectivity index (χ4v) is 4.70. The highest BCUT2D eigenvalue weighted by Crippen LogP contribution is 2.46. The lowest BCUT2D eigenvalue weighted by atomic mass is 9.96. The van der Waals surface area contributed by atoms with Gasteiger partial charge in [0.15, 0.2) is 0 Å². The molecule has 0 radical (unpaired) electrons. The number of halogens is 4. The van der Waals surface area contributed by atoms with Crippen molar-refractivity contribution in [3.8, 4) is 11.5 Å². The number of benzene rings is 3. The molecule has 1 aliphatic heterocycles. The zero-order chi connectivity index (χ0) is 31.3. The molecule has 0 fully saturated rings. The lowest BCUT2D eigenvalue weighted by Crippen LogP contribution is -2.50. The number of hydrogen-bond acceptors (Lipinski definition) is 7. The SMILES string of the molecule is COc1cccc(N(C=O)CCN(C=O)C2=Nc3c(F)cccc3[C@H](CC(=O)O)N2c2cc(C(F)(F)F)ccc2OC)c1. The van der Waals surface area contributed by atoms with Gasteiger partial charge in [0.2, 0.25) is 18.8 Å². The molecule has 2 amide bonds. The highest BCUT2D eigenvalue weighted by Gasteiger charge is 2.40. The predicted octanol–water partition coefficient (Wildman–Crippen LogP) is 5.01. The fourth-order valence-electron chi connectivity index (χ4n) is 4.70. The summed E-state index contributed by atoms with van der Waals surface area (Å²) in [5.41, 5.74) is -1.13. The highest BCUT2D eigenvalue weighted by atomic mass is 19.4. The first kappa shape index (κ1) is 30.8. The smallest absolute Gasteiger partial charge is 0.416 e. The van der Waals surface area contributed by atoms with Gasteiger partial charge in [-0.15, -0.1) is 0 Å². The second-order valence-corrected chi connectivity index (χ2v) is 9.26. The van der Waals surface area contributed by atoms with Crippen molar-refractivity contribution in [2.24, 2.45) is 4.99 Å². The molecule has 14 heteroatoms. The van der Waals surface area contributed by atoms with E-state index in [9.17, 15) is 32.7 Å². The highest BCUT2D eigenvalue weighted by molar-refractivity contribution is 6.06. The first-order valence-corrected chi connectivity index (χ1v) is 12.7. The van der Waals surface area contributed by atoms with Crippen LogP contribution in [-0.2, 0) is 20.6 Å². The third kappa shape index (κ3) is 6.52. The first-order valence-electron chi connectivity index (χ1n) is 12.7. The van der Waals surface area contributed by atoms with Crippen LogP contribution >= 0.6 is 0 Å². The Bertz CT molecular complexity index is 1550. The number of carbonyl (C=O) groups is 3. The van der Waals surface area contributed by atoms with Gasteiger partial charge in [-0.05, 0) is 36.4 Å². The molecule has 226 valence electrons. The number of anilines is 2. The molecule has 43 heavy (non-hydrogen) atoms. The van der Waals surface area contributed by atoms with Gasteiger partial charge >= 0.3 is 12.1 Å². The quantitative estimate of drug-likeness (QED) is 0.243. The van der Waals surface area contributed by atoms with Gasteiger partial charge in [0.1, 0.15) is 23.0 Å². The molecule has 0 spiro atoms. The van der Waals surface area contributed by atoms with Crippen LogP contribution in [0.3, 0.4) is 0 Å². The van der Waals surface area contributed by atoms with Crippen molar-refractivity contribution >= 4 is 41.8 Å². The number of carboxylic acid groups (broad SMARTS) is 1. The van der Waals surface area contributed by atoms with Gasteiger partial charge in [0.25, 0.3) is 0 Å². The molecule has 0 aliphatic carbocycles. The standard InChI is InChI=1S/C29H26F4N4O6/c1-42-20-6-3-5-19(14-20)35(16-38)11-12-36(17-39)28-34-27-21(7-4-8-22(27)30)23(15-26(40)41)37(28)24-13-18(29(31,32)33)9-10-25(24)43-2/h3-10,13-14,16-17,23H,11-12,15H2,1-2H3,(H,40,41)/t23-/m0/s1. The Kier molecular flexibility index (Phi) is 9.17. The predicted molar refractivity (Wildman–Crippen MR) is 148 cm³/mol. The lowest BCUT2D eigenvalue weighted by molar-refractivity contribution is -0.138. The van der Waals surface area contributed by atoms with Crippen molar-refractivity contribution in [2.75, 3.05) is 37.1 Å². The maximum atomic E-state index is 15.1. The van der Waals surface area contributed by atoms with E-state index in [1.807, 2.05) is 0 Å². The van der Waals surface area contributed by atoms with Crippen LogP contribution in [0, 0.1) is 5.82 Å². The van der Waals surface area contributed by atoms with Gasteiger partial charge in [-0.1, -0.05) is 18.2 Å². The van der Waals surface area contributed by atoms with Crippen LogP contribution in [0.1, 0.15) is 23.6 Å². The van der Waals surface area contributed by atoms with E-state index in [2.05, 4.69) is 4.99 Å². The van der Waals surface area contributed by atoms with Crippen LogP contribution < -0.4 is 19.3 Å². The van der Waals surface area contributed by atoms with Gasteiger partial charge in [-0.2, -0.15) is 13.2 Å². The Morgan fingerprint density at radius 3 is 2.33 bits per heavy atom. The summed E-state index contributed by atoms with van der Waals surface area (Å²) in [6.45, 7) is -0.393. The maximum absolute atomic E-state index is 15.1. The number of aliphatic imine (C=N–C) groups is 1. The van der Waals surface area contributed by atoms with E-state index in [0.717, 1.165) is 34.1 Å². The summed E-state index contributed by atoms with van der Waals surface area (Å²) in [7, 11) is 2.65. The molecule has 0 aromatic heterocycles. The summed E-state index contributed by atoms with van der Waals surface area (Å²) in [5, 5.41) is 9.78. The average Bonchev–Trinajstić information content (AvgIpc) is 2.98. The molecule has 1 aliphatic rings. The molecule has 3 aromatic rings. The average molecular weight is 603 g/mol. The largest absolute Gasteiger partial charge is 0.497 e. The van der Waals surface area contributed by atoms with E-state index in [1.54, 1.807) is 24.3 Å². The van der Waals surface area contributed by atoms with E-state index in [1.165, 1.54) is 31.3 Å². The number of carbonyl (C=O) groups excluding carboxylic acids is 2. The summed E-state index contributed by atoms with van der Waals surface area (Å²) >= 11 is 0. The Balaban J connectivity index is 1.87. The van der Waals surface area contributed by atoms with Gasteiger partial charge in [0, 0.05) is 30.4 Å². The molecule has 0 saturated carbocycles. The Morgan fingerprint density at radius 2 is 1.70 bits per heavy atom. The van der Waals surface area contributed by atoms with E-state index in [4.69, 9.17) is 9.47 Å². The van der Waals surface area contributed by atoms with Gasteiger partial charge < -0.3 is 24.4 Å². The topological polar surface area (TPSA) is 112 Å². The third-order valence-corrected chi connectivity index (χ3v) is 6.73. The van der Waals surface area contributed by atoms with Gasteiger partial charge in [-0.3, -0.25) is 19.3 Å². The normalized spacial score (nSPS) is 14.3. The zero-order valence-electron chi connectivity index (χ0n) is 22.9. The number of nitrogens with zero attached hydrogens (tertiary/aromatic N) is 4. The number of fused-ring (bicyclic) bond motifs is 1. The van der Waals surface area contributed by atoms with E-state index in [-0.39, 0.29) is 41.7 Å². The molecule has 0 bridgehead atoms. The van der Waals surface area contributed by atoms with Crippen LogP contribution in [-0.4, -0.2) is 62.1 Å². The van der Waals surface area contributed by atoms with Crippen LogP contribution in [0.4, 0.5) is 34.6 Å². The number of carboxylic acids is 1. The van der Waals surface area contributed by atoms with Gasteiger partial charge in [0.05, 0.1) is 37.9 Å². The molecule has 1 N–H and O–H groups in total. The minimum absolute atomic E-state index is 0.0716. The van der Waals surface area contributed by atoms with Crippen molar-refractivity contribution < 1.29 is 46.5 Å². The number of rotatable bonds is 11.